The van der Waals surface area contributed by atoms with Gasteiger partial charge in [-0.05, 0) is 55.7 Å². The van der Waals surface area contributed by atoms with Crippen LogP contribution in [0.25, 0.3) is 0 Å². The van der Waals surface area contributed by atoms with Gasteiger partial charge in [0.05, 0.1) is 11.5 Å². The Hall–Kier alpha value is -2.48. The molecule has 3 rings (SSSR count). The van der Waals surface area contributed by atoms with Crippen molar-refractivity contribution in [3.63, 3.8) is 0 Å². The molecule has 1 aliphatic heterocycles. The molecule has 2 heterocycles. The van der Waals surface area contributed by atoms with E-state index in [-0.39, 0.29) is 29.1 Å². The summed E-state index contributed by atoms with van der Waals surface area (Å²) in [6.45, 7) is 3.99. The van der Waals surface area contributed by atoms with Crippen molar-refractivity contribution in [2.45, 2.75) is 26.3 Å². The fourth-order valence-electron chi connectivity index (χ4n) is 2.66. The van der Waals surface area contributed by atoms with E-state index in [1.165, 1.54) is 0 Å². The fourth-order valence-corrected chi connectivity index (χ4v) is 4.34. The lowest BCUT2D eigenvalue weighted by molar-refractivity contribution is 0.102. The van der Waals surface area contributed by atoms with Crippen LogP contribution in [0.15, 0.2) is 30.3 Å². The highest BCUT2D eigenvalue weighted by Crippen LogP contribution is 2.17. The van der Waals surface area contributed by atoms with Crippen LogP contribution < -0.4 is 10.6 Å². The molecule has 8 heteroatoms. The molecule has 2 aromatic rings. The molecule has 1 amide bonds. The second kappa shape index (κ2) is 6.79. The molecular formula is C17H20N4O3S. The average Bonchev–Trinajstić information content (AvgIpc) is 2.90. The minimum Gasteiger partial charge on any atom is -0.365 e. The van der Waals surface area contributed by atoms with Gasteiger partial charge >= 0.3 is 0 Å². The minimum atomic E-state index is -2.95. The van der Waals surface area contributed by atoms with Gasteiger partial charge in [0.2, 0.25) is 0 Å². The first-order valence-corrected chi connectivity index (χ1v) is 9.84. The molecule has 0 aliphatic carbocycles. The molecule has 25 heavy (non-hydrogen) atoms. The molecule has 1 aliphatic rings. The first-order chi connectivity index (χ1) is 11.8. The summed E-state index contributed by atoms with van der Waals surface area (Å²) in [7, 11) is -2.95. The maximum absolute atomic E-state index is 12.2. The number of carbonyl (C=O) groups is 1. The smallest absolute Gasteiger partial charge is 0.276 e. The predicted molar refractivity (Wildman–Crippen MR) is 96.6 cm³/mol. The Balaban J connectivity index is 1.63. The monoisotopic (exact) mass is 360 g/mol. The summed E-state index contributed by atoms with van der Waals surface area (Å²) in [4.78, 5) is 12.2. The molecule has 1 aromatic heterocycles. The maximum Gasteiger partial charge on any atom is 0.276 e. The van der Waals surface area contributed by atoms with Crippen molar-refractivity contribution in [2.75, 3.05) is 22.1 Å². The van der Waals surface area contributed by atoms with E-state index in [2.05, 4.69) is 20.8 Å². The summed E-state index contributed by atoms with van der Waals surface area (Å²) in [6, 6.07) is 8.72. The Labute approximate surface area is 146 Å². The Morgan fingerprint density at radius 1 is 1.12 bits per heavy atom. The number of nitrogens with zero attached hydrogens (tertiary/aromatic N) is 2. The van der Waals surface area contributed by atoms with E-state index < -0.39 is 9.84 Å². The quantitative estimate of drug-likeness (QED) is 0.864. The summed E-state index contributed by atoms with van der Waals surface area (Å²) in [5.74, 6) is 0.411. The van der Waals surface area contributed by atoms with Gasteiger partial charge in [0.1, 0.15) is 5.82 Å². The summed E-state index contributed by atoms with van der Waals surface area (Å²) in [6.07, 6.45) is 0.555. The second-order valence-corrected chi connectivity index (χ2v) is 8.53. The molecule has 0 saturated carbocycles. The molecule has 0 spiro atoms. The van der Waals surface area contributed by atoms with Crippen molar-refractivity contribution in [1.82, 2.24) is 10.2 Å². The van der Waals surface area contributed by atoms with Crippen molar-refractivity contribution in [2.24, 2.45) is 0 Å². The van der Waals surface area contributed by atoms with E-state index >= 15 is 0 Å². The van der Waals surface area contributed by atoms with Crippen LogP contribution in [0.5, 0.6) is 0 Å². The molecular weight excluding hydrogens is 340 g/mol. The third-order valence-corrected chi connectivity index (χ3v) is 6.01. The van der Waals surface area contributed by atoms with Crippen molar-refractivity contribution >= 4 is 27.2 Å². The Morgan fingerprint density at radius 2 is 1.92 bits per heavy atom. The van der Waals surface area contributed by atoms with Crippen LogP contribution in [0.1, 0.15) is 28.0 Å². The Bertz CT molecular complexity index is 895. The zero-order valence-electron chi connectivity index (χ0n) is 14.1. The number of aryl methyl sites for hydroxylation is 2. The summed E-state index contributed by atoms with van der Waals surface area (Å²) < 4.78 is 22.9. The Kier molecular flexibility index (Phi) is 4.71. The number of nitrogens with one attached hydrogen (secondary N) is 2. The second-order valence-electron chi connectivity index (χ2n) is 6.30. The molecule has 1 atom stereocenters. The molecule has 1 saturated heterocycles. The number of anilines is 2. The van der Waals surface area contributed by atoms with Gasteiger partial charge in [-0.2, -0.15) is 0 Å². The molecule has 7 nitrogen and oxygen atoms in total. The summed E-state index contributed by atoms with van der Waals surface area (Å²) in [5, 5.41) is 13.7. The number of aromatic nitrogens is 2. The van der Waals surface area contributed by atoms with E-state index in [0.717, 1.165) is 11.1 Å². The van der Waals surface area contributed by atoms with Gasteiger partial charge in [-0.3, -0.25) is 4.79 Å². The fraction of sp³-hybridized carbons (Fsp3) is 0.353. The number of sulfone groups is 1. The van der Waals surface area contributed by atoms with Gasteiger partial charge in [-0.15, -0.1) is 10.2 Å². The number of benzene rings is 1. The van der Waals surface area contributed by atoms with Crippen LogP contribution in [0.2, 0.25) is 0 Å². The molecule has 1 aromatic carbocycles. The number of hydrogen-bond acceptors (Lipinski definition) is 6. The summed E-state index contributed by atoms with van der Waals surface area (Å²) in [5.41, 5.74) is 3.15. The van der Waals surface area contributed by atoms with E-state index in [4.69, 9.17) is 0 Å². The number of carbonyl (C=O) groups excluding carboxylic acids is 1. The lowest BCUT2D eigenvalue weighted by Crippen LogP contribution is -2.22. The topological polar surface area (TPSA) is 101 Å². The first kappa shape index (κ1) is 17.3. The van der Waals surface area contributed by atoms with Crippen molar-refractivity contribution in [3.05, 3.63) is 47.2 Å². The van der Waals surface area contributed by atoms with Gasteiger partial charge in [-0.25, -0.2) is 8.42 Å². The molecule has 1 unspecified atom stereocenters. The van der Waals surface area contributed by atoms with Crippen molar-refractivity contribution in [1.29, 1.82) is 0 Å². The van der Waals surface area contributed by atoms with E-state index in [0.29, 0.717) is 17.9 Å². The third kappa shape index (κ3) is 4.33. The molecule has 2 N–H and O–H groups in total. The summed E-state index contributed by atoms with van der Waals surface area (Å²) >= 11 is 0. The van der Waals surface area contributed by atoms with Crippen LogP contribution in [0, 0.1) is 13.8 Å². The van der Waals surface area contributed by atoms with E-state index in [1.54, 1.807) is 12.1 Å². The van der Waals surface area contributed by atoms with Crippen molar-refractivity contribution < 1.29 is 13.2 Å². The molecule has 1 fully saturated rings. The SMILES string of the molecule is Cc1ccc(NC(=O)c2ccc(NC3CCS(=O)(=O)C3)nn2)cc1C. The highest BCUT2D eigenvalue weighted by molar-refractivity contribution is 7.91. The lowest BCUT2D eigenvalue weighted by Gasteiger charge is -2.11. The van der Waals surface area contributed by atoms with Crippen LogP contribution in [-0.4, -0.2) is 42.1 Å². The van der Waals surface area contributed by atoms with Gasteiger partial charge in [0.25, 0.3) is 5.91 Å². The van der Waals surface area contributed by atoms with Gasteiger partial charge < -0.3 is 10.6 Å². The number of rotatable bonds is 4. The Morgan fingerprint density at radius 3 is 2.52 bits per heavy atom. The van der Waals surface area contributed by atoms with Gasteiger partial charge in [0.15, 0.2) is 15.5 Å². The third-order valence-electron chi connectivity index (χ3n) is 4.25. The van der Waals surface area contributed by atoms with E-state index in [1.807, 2.05) is 32.0 Å². The largest absolute Gasteiger partial charge is 0.365 e. The number of amides is 1. The first-order valence-electron chi connectivity index (χ1n) is 8.02. The highest BCUT2D eigenvalue weighted by atomic mass is 32.2. The highest BCUT2D eigenvalue weighted by Gasteiger charge is 2.28. The van der Waals surface area contributed by atoms with Crippen LogP contribution in [0.3, 0.4) is 0 Å². The van der Waals surface area contributed by atoms with E-state index in [9.17, 15) is 13.2 Å². The predicted octanol–water partition coefficient (Wildman–Crippen LogP) is 1.94. The van der Waals surface area contributed by atoms with Gasteiger partial charge in [0, 0.05) is 11.7 Å². The van der Waals surface area contributed by atoms with Crippen molar-refractivity contribution in [3.8, 4) is 0 Å². The zero-order chi connectivity index (χ0) is 18.0. The zero-order valence-corrected chi connectivity index (χ0v) is 14.9. The molecule has 0 radical (unpaired) electrons. The number of hydrogen-bond donors (Lipinski definition) is 2. The standard InChI is InChI=1S/C17H20N4O3S/c1-11-3-4-13(9-12(11)2)19-17(22)15-5-6-16(21-20-15)18-14-7-8-25(23,24)10-14/h3-6,9,14H,7-8,10H2,1-2H3,(H,18,21)(H,19,22). The lowest BCUT2D eigenvalue weighted by atomic mass is 10.1. The van der Waals surface area contributed by atoms with Crippen LogP contribution in [0.4, 0.5) is 11.5 Å². The molecule has 132 valence electrons. The normalized spacial score (nSPS) is 18.7. The minimum absolute atomic E-state index is 0.101. The average molecular weight is 360 g/mol. The molecule has 0 bridgehead atoms. The van der Waals surface area contributed by atoms with Gasteiger partial charge in [-0.1, -0.05) is 6.07 Å². The van der Waals surface area contributed by atoms with Crippen LogP contribution in [-0.2, 0) is 9.84 Å². The maximum atomic E-state index is 12.2. The van der Waals surface area contributed by atoms with Crippen LogP contribution >= 0.6 is 0 Å².